The lowest BCUT2D eigenvalue weighted by Crippen LogP contribution is -2.30. The Kier molecular flexibility index (Phi) is 4.71. The first-order valence-corrected chi connectivity index (χ1v) is 7.15. The highest BCUT2D eigenvalue weighted by Crippen LogP contribution is 2.25. The van der Waals surface area contributed by atoms with Crippen LogP contribution in [0.3, 0.4) is 0 Å². The predicted molar refractivity (Wildman–Crippen MR) is 79.1 cm³/mol. The van der Waals surface area contributed by atoms with Crippen LogP contribution in [0.25, 0.3) is 0 Å². The van der Waals surface area contributed by atoms with Crippen LogP contribution in [0, 0.1) is 12.8 Å². The summed E-state index contributed by atoms with van der Waals surface area (Å²) in [5, 5.41) is 4.00. The van der Waals surface area contributed by atoms with Gasteiger partial charge in [0.15, 0.2) is 0 Å². The summed E-state index contributed by atoms with van der Waals surface area (Å²) in [6.07, 6.45) is 1.13. The summed E-state index contributed by atoms with van der Waals surface area (Å²) in [7, 11) is 2.10. The van der Waals surface area contributed by atoms with Crippen molar-refractivity contribution in [2.24, 2.45) is 5.92 Å². The molecule has 3 nitrogen and oxygen atoms in total. The molecule has 1 fully saturated rings. The third kappa shape index (κ3) is 3.62. The molecule has 1 aliphatic rings. The van der Waals surface area contributed by atoms with Gasteiger partial charge in [-0.3, -0.25) is 4.79 Å². The van der Waals surface area contributed by atoms with E-state index in [1.807, 2.05) is 6.92 Å². The van der Waals surface area contributed by atoms with E-state index in [0.29, 0.717) is 28.1 Å². The second-order valence-corrected chi connectivity index (χ2v) is 6.01. The summed E-state index contributed by atoms with van der Waals surface area (Å²) in [5.74, 6) is 0.420. The van der Waals surface area contributed by atoms with Gasteiger partial charge < -0.3 is 10.2 Å². The van der Waals surface area contributed by atoms with Crippen molar-refractivity contribution in [3.8, 4) is 0 Å². The predicted octanol–water partition coefficient (Wildman–Crippen LogP) is 2.98. The molecule has 1 atom stereocenters. The number of rotatable bonds is 3. The number of carbonyl (C=O) groups excluding carboxylic acids is 1. The van der Waals surface area contributed by atoms with Crippen LogP contribution in [0.1, 0.15) is 22.3 Å². The molecule has 5 heteroatoms. The Balaban J connectivity index is 1.96. The highest BCUT2D eigenvalue weighted by Gasteiger charge is 2.20. The number of amides is 1. The molecule has 0 unspecified atom stereocenters. The molecule has 2 rings (SSSR count). The first-order chi connectivity index (χ1) is 8.97. The lowest BCUT2D eigenvalue weighted by Gasteiger charge is -2.12. The number of carbonyl (C=O) groups is 1. The van der Waals surface area contributed by atoms with Gasteiger partial charge in [0.05, 0.1) is 0 Å². The minimum atomic E-state index is -0.113. The van der Waals surface area contributed by atoms with Gasteiger partial charge in [-0.25, -0.2) is 0 Å². The Labute approximate surface area is 123 Å². The topological polar surface area (TPSA) is 32.3 Å². The van der Waals surface area contributed by atoms with Crippen molar-refractivity contribution < 1.29 is 4.79 Å². The average Bonchev–Trinajstić information content (AvgIpc) is 2.78. The lowest BCUT2D eigenvalue weighted by atomic mass is 10.1. The van der Waals surface area contributed by atoms with Gasteiger partial charge in [0, 0.05) is 28.7 Å². The van der Waals surface area contributed by atoms with Crippen LogP contribution < -0.4 is 5.32 Å². The molecule has 1 heterocycles. The van der Waals surface area contributed by atoms with E-state index < -0.39 is 0 Å². The van der Waals surface area contributed by atoms with E-state index in [9.17, 15) is 4.79 Å². The first-order valence-electron chi connectivity index (χ1n) is 6.39. The number of halogens is 2. The van der Waals surface area contributed by atoms with Crippen molar-refractivity contribution in [2.75, 3.05) is 26.7 Å². The smallest absolute Gasteiger partial charge is 0.251 e. The highest BCUT2D eigenvalue weighted by molar-refractivity contribution is 6.36. The zero-order chi connectivity index (χ0) is 14.0. The van der Waals surface area contributed by atoms with E-state index in [0.717, 1.165) is 25.1 Å². The van der Waals surface area contributed by atoms with Crippen molar-refractivity contribution in [1.29, 1.82) is 0 Å². The van der Waals surface area contributed by atoms with Gasteiger partial charge in [0.25, 0.3) is 5.91 Å². The maximum Gasteiger partial charge on any atom is 0.251 e. The standard InChI is InChI=1S/C14H18Cl2N2O/c1-9-12(15)5-11(6-13(9)16)14(19)17-7-10-3-4-18(2)8-10/h5-6,10H,3-4,7-8H2,1-2H3,(H,17,19)/t10-/m1/s1. The van der Waals surface area contributed by atoms with Crippen LogP contribution in [0.5, 0.6) is 0 Å². The summed E-state index contributed by atoms with van der Waals surface area (Å²) in [6.45, 7) is 4.67. The second kappa shape index (κ2) is 6.12. The highest BCUT2D eigenvalue weighted by atomic mass is 35.5. The largest absolute Gasteiger partial charge is 0.352 e. The fourth-order valence-corrected chi connectivity index (χ4v) is 2.80. The molecule has 1 saturated heterocycles. The van der Waals surface area contributed by atoms with E-state index in [4.69, 9.17) is 23.2 Å². The van der Waals surface area contributed by atoms with Gasteiger partial charge in [-0.2, -0.15) is 0 Å². The molecule has 0 aromatic heterocycles. The zero-order valence-corrected chi connectivity index (χ0v) is 12.7. The maximum absolute atomic E-state index is 12.1. The van der Waals surface area contributed by atoms with Crippen LogP contribution in [-0.4, -0.2) is 37.5 Å². The van der Waals surface area contributed by atoms with Crippen LogP contribution >= 0.6 is 23.2 Å². The molecule has 104 valence electrons. The fourth-order valence-electron chi connectivity index (χ4n) is 2.31. The van der Waals surface area contributed by atoms with Crippen LogP contribution in [0.15, 0.2) is 12.1 Å². The number of likely N-dealkylation sites (tertiary alicyclic amines) is 1. The van der Waals surface area contributed by atoms with Gasteiger partial charge in [-0.1, -0.05) is 23.2 Å². The minimum Gasteiger partial charge on any atom is -0.352 e. The number of hydrogen-bond acceptors (Lipinski definition) is 2. The van der Waals surface area contributed by atoms with Crippen molar-refractivity contribution in [3.05, 3.63) is 33.3 Å². The van der Waals surface area contributed by atoms with E-state index in [1.165, 1.54) is 0 Å². The normalized spacial score (nSPS) is 19.7. The Bertz CT molecular complexity index is 467. The Morgan fingerprint density at radius 3 is 2.58 bits per heavy atom. The van der Waals surface area contributed by atoms with Gasteiger partial charge in [0.1, 0.15) is 0 Å². The van der Waals surface area contributed by atoms with Crippen molar-refractivity contribution in [3.63, 3.8) is 0 Å². The van der Waals surface area contributed by atoms with Crippen molar-refractivity contribution in [2.45, 2.75) is 13.3 Å². The molecule has 1 amide bonds. The van der Waals surface area contributed by atoms with Crippen LogP contribution in [0.4, 0.5) is 0 Å². The monoisotopic (exact) mass is 300 g/mol. The van der Waals surface area contributed by atoms with E-state index in [1.54, 1.807) is 12.1 Å². The summed E-state index contributed by atoms with van der Waals surface area (Å²) in [4.78, 5) is 14.3. The summed E-state index contributed by atoms with van der Waals surface area (Å²) in [5.41, 5.74) is 1.32. The molecular formula is C14H18Cl2N2O. The molecule has 1 aromatic carbocycles. The molecule has 0 spiro atoms. The van der Waals surface area contributed by atoms with Gasteiger partial charge >= 0.3 is 0 Å². The molecule has 0 bridgehead atoms. The Morgan fingerprint density at radius 1 is 1.42 bits per heavy atom. The van der Waals surface area contributed by atoms with Gasteiger partial charge in [0.2, 0.25) is 0 Å². The second-order valence-electron chi connectivity index (χ2n) is 5.19. The number of hydrogen-bond donors (Lipinski definition) is 1. The minimum absolute atomic E-state index is 0.113. The van der Waals surface area contributed by atoms with E-state index >= 15 is 0 Å². The number of benzene rings is 1. The SMILES string of the molecule is Cc1c(Cl)cc(C(=O)NC[C@H]2CCN(C)C2)cc1Cl. The molecule has 0 radical (unpaired) electrons. The molecule has 0 aliphatic carbocycles. The molecule has 1 aliphatic heterocycles. The Hall–Kier alpha value is -0.770. The third-order valence-electron chi connectivity index (χ3n) is 3.58. The summed E-state index contributed by atoms with van der Waals surface area (Å²) >= 11 is 12.1. The summed E-state index contributed by atoms with van der Waals surface area (Å²) < 4.78 is 0. The fraction of sp³-hybridized carbons (Fsp3) is 0.500. The van der Waals surface area contributed by atoms with Crippen molar-refractivity contribution >= 4 is 29.1 Å². The molecule has 0 saturated carbocycles. The number of nitrogens with one attached hydrogen (secondary N) is 1. The Morgan fingerprint density at radius 2 is 2.05 bits per heavy atom. The lowest BCUT2D eigenvalue weighted by molar-refractivity contribution is 0.0947. The van der Waals surface area contributed by atoms with Crippen LogP contribution in [-0.2, 0) is 0 Å². The molecule has 1 N–H and O–H groups in total. The van der Waals surface area contributed by atoms with Gasteiger partial charge in [-0.15, -0.1) is 0 Å². The quantitative estimate of drug-likeness (QED) is 0.931. The summed E-state index contributed by atoms with van der Waals surface area (Å²) in [6, 6.07) is 3.33. The maximum atomic E-state index is 12.1. The van der Waals surface area contributed by atoms with Crippen molar-refractivity contribution in [1.82, 2.24) is 10.2 Å². The first kappa shape index (κ1) is 14.6. The zero-order valence-electron chi connectivity index (χ0n) is 11.2. The van der Waals surface area contributed by atoms with Crippen LogP contribution in [0.2, 0.25) is 10.0 Å². The average molecular weight is 301 g/mol. The molecular weight excluding hydrogens is 283 g/mol. The van der Waals surface area contributed by atoms with E-state index in [2.05, 4.69) is 17.3 Å². The van der Waals surface area contributed by atoms with E-state index in [-0.39, 0.29) is 5.91 Å². The molecule has 19 heavy (non-hydrogen) atoms. The number of nitrogens with zero attached hydrogens (tertiary/aromatic N) is 1. The van der Waals surface area contributed by atoms with Gasteiger partial charge in [-0.05, 0) is 50.6 Å². The third-order valence-corrected chi connectivity index (χ3v) is 4.37. The molecule has 1 aromatic rings.